The first kappa shape index (κ1) is 14.0. The predicted molar refractivity (Wildman–Crippen MR) is 77.1 cm³/mol. The van der Waals surface area contributed by atoms with Crippen LogP contribution in [0.15, 0.2) is 23.6 Å². The Morgan fingerprint density at radius 2 is 2.30 bits per heavy atom. The van der Waals surface area contributed by atoms with Crippen LogP contribution in [0.3, 0.4) is 0 Å². The quantitative estimate of drug-likeness (QED) is 0.935. The van der Waals surface area contributed by atoms with Gasteiger partial charge in [0.15, 0.2) is 0 Å². The minimum absolute atomic E-state index is 0.114. The summed E-state index contributed by atoms with van der Waals surface area (Å²) in [6, 6.07) is 6.58. The molecule has 0 atom stereocenters. The van der Waals surface area contributed by atoms with Crippen LogP contribution in [-0.2, 0) is 6.54 Å². The number of carboxylic acid groups (broad SMARTS) is 1. The van der Waals surface area contributed by atoms with Gasteiger partial charge in [0.25, 0.3) is 0 Å². The second-order valence-corrected chi connectivity index (χ2v) is 5.43. The molecule has 2 aromatic rings. The van der Waals surface area contributed by atoms with Gasteiger partial charge in [0, 0.05) is 12.4 Å². The molecule has 2 rings (SSSR count). The van der Waals surface area contributed by atoms with Crippen LogP contribution in [0.1, 0.15) is 26.6 Å². The van der Waals surface area contributed by atoms with Crippen molar-refractivity contribution in [2.24, 2.45) is 0 Å². The van der Waals surface area contributed by atoms with Crippen LogP contribution in [0, 0.1) is 18.3 Å². The van der Waals surface area contributed by atoms with Gasteiger partial charge in [-0.05, 0) is 25.1 Å². The second kappa shape index (κ2) is 5.72. The number of thiazole rings is 1. The summed E-state index contributed by atoms with van der Waals surface area (Å²) in [5.41, 5.74) is 2.09. The minimum atomic E-state index is -1.04. The van der Waals surface area contributed by atoms with Crippen molar-refractivity contribution in [2.75, 3.05) is 11.9 Å². The van der Waals surface area contributed by atoms with E-state index in [-0.39, 0.29) is 5.56 Å². The molecule has 0 bridgehead atoms. The third-order valence-corrected chi connectivity index (χ3v) is 3.66. The summed E-state index contributed by atoms with van der Waals surface area (Å²) in [4.78, 5) is 17.2. The van der Waals surface area contributed by atoms with E-state index in [1.165, 1.54) is 12.1 Å². The summed E-state index contributed by atoms with van der Waals surface area (Å²) in [5, 5.41) is 21.1. The van der Waals surface area contributed by atoms with Crippen LogP contribution in [0.5, 0.6) is 0 Å². The Hall–Kier alpha value is -2.39. The molecule has 0 saturated carbocycles. The van der Waals surface area contributed by atoms with Gasteiger partial charge in [-0.25, -0.2) is 9.78 Å². The van der Waals surface area contributed by atoms with Crippen molar-refractivity contribution in [2.45, 2.75) is 13.5 Å². The van der Waals surface area contributed by atoms with Crippen molar-refractivity contribution in [1.82, 2.24) is 4.98 Å². The fourth-order valence-electron chi connectivity index (χ4n) is 1.90. The van der Waals surface area contributed by atoms with Crippen LogP contribution >= 0.6 is 11.3 Å². The van der Waals surface area contributed by atoms with E-state index in [0.717, 1.165) is 10.7 Å². The van der Waals surface area contributed by atoms with Crippen molar-refractivity contribution in [3.8, 4) is 6.07 Å². The lowest BCUT2D eigenvalue weighted by atomic mass is 10.1. The zero-order valence-corrected chi connectivity index (χ0v) is 11.9. The summed E-state index contributed by atoms with van der Waals surface area (Å²) < 4.78 is 0. The summed E-state index contributed by atoms with van der Waals surface area (Å²) in [6.45, 7) is 2.52. The standard InChI is InChI=1S/C14H13N3O2S/c1-9-16-12(8-20-9)7-17(2)13-4-3-10(14(18)19)5-11(13)6-15/h3-5,8H,7H2,1-2H3,(H,18,19). The molecule has 0 saturated heterocycles. The molecule has 6 heteroatoms. The van der Waals surface area contributed by atoms with Gasteiger partial charge >= 0.3 is 5.97 Å². The van der Waals surface area contributed by atoms with Crippen molar-refractivity contribution in [1.29, 1.82) is 5.26 Å². The largest absolute Gasteiger partial charge is 0.478 e. The molecule has 0 spiro atoms. The number of hydrogen-bond acceptors (Lipinski definition) is 5. The summed E-state index contributed by atoms with van der Waals surface area (Å²) in [7, 11) is 1.85. The number of carboxylic acids is 1. The normalized spacial score (nSPS) is 10.1. The van der Waals surface area contributed by atoms with Crippen molar-refractivity contribution in [3.63, 3.8) is 0 Å². The molecule has 102 valence electrons. The highest BCUT2D eigenvalue weighted by Crippen LogP contribution is 2.22. The minimum Gasteiger partial charge on any atom is -0.478 e. The molecular formula is C14H13N3O2S. The lowest BCUT2D eigenvalue weighted by Gasteiger charge is -2.19. The maximum Gasteiger partial charge on any atom is 0.335 e. The van der Waals surface area contributed by atoms with Gasteiger partial charge in [-0.15, -0.1) is 11.3 Å². The third-order valence-electron chi connectivity index (χ3n) is 2.84. The number of hydrogen-bond donors (Lipinski definition) is 1. The average Bonchev–Trinajstić information content (AvgIpc) is 2.83. The fraction of sp³-hybridized carbons (Fsp3) is 0.214. The van der Waals surface area contributed by atoms with Gasteiger partial charge in [0.1, 0.15) is 6.07 Å². The van der Waals surface area contributed by atoms with E-state index in [1.807, 2.05) is 30.3 Å². The molecular weight excluding hydrogens is 274 g/mol. The lowest BCUT2D eigenvalue weighted by Crippen LogP contribution is -2.18. The van der Waals surface area contributed by atoms with E-state index in [2.05, 4.69) is 4.98 Å². The number of aromatic carboxylic acids is 1. The number of benzene rings is 1. The first-order valence-corrected chi connectivity index (χ1v) is 6.79. The van der Waals surface area contributed by atoms with Gasteiger partial charge in [0.2, 0.25) is 0 Å². The Bertz CT molecular complexity index is 688. The molecule has 0 unspecified atom stereocenters. The fourth-order valence-corrected chi connectivity index (χ4v) is 2.50. The van der Waals surface area contributed by atoms with E-state index in [1.54, 1.807) is 17.4 Å². The molecule has 0 aliphatic heterocycles. The molecule has 0 radical (unpaired) electrons. The Labute approximate surface area is 120 Å². The third kappa shape index (κ3) is 2.95. The first-order valence-electron chi connectivity index (χ1n) is 5.91. The maximum absolute atomic E-state index is 10.9. The molecule has 0 aliphatic carbocycles. The molecule has 1 aromatic heterocycles. The molecule has 0 amide bonds. The number of rotatable bonds is 4. The highest BCUT2D eigenvalue weighted by molar-refractivity contribution is 7.09. The molecule has 20 heavy (non-hydrogen) atoms. The maximum atomic E-state index is 10.9. The van der Waals surface area contributed by atoms with Crippen LogP contribution in [0.2, 0.25) is 0 Å². The first-order chi connectivity index (χ1) is 9.51. The number of nitriles is 1. The van der Waals surface area contributed by atoms with E-state index < -0.39 is 5.97 Å². The van der Waals surface area contributed by atoms with Crippen LogP contribution in [0.4, 0.5) is 5.69 Å². The Balaban J connectivity index is 2.27. The lowest BCUT2D eigenvalue weighted by molar-refractivity contribution is 0.0697. The van der Waals surface area contributed by atoms with Crippen molar-refractivity contribution < 1.29 is 9.90 Å². The molecule has 1 heterocycles. The van der Waals surface area contributed by atoms with Gasteiger partial charge in [0.05, 0.1) is 34.1 Å². The molecule has 0 fully saturated rings. The van der Waals surface area contributed by atoms with Crippen LogP contribution in [0.25, 0.3) is 0 Å². The number of aromatic nitrogens is 1. The average molecular weight is 287 g/mol. The SMILES string of the molecule is Cc1nc(CN(C)c2ccc(C(=O)O)cc2C#N)cs1. The van der Waals surface area contributed by atoms with Gasteiger partial charge in [-0.3, -0.25) is 0 Å². The Morgan fingerprint density at radius 3 is 2.85 bits per heavy atom. The molecule has 5 nitrogen and oxygen atoms in total. The van der Waals surface area contributed by atoms with Gasteiger partial charge in [-0.2, -0.15) is 5.26 Å². The molecule has 1 N–H and O–H groups in total. The summed E-state index contributed by atoms with van der Waals surface area (Å²) in [5.74, 6) is -1.04. The highest BCUT2D eigenvalue weighted by Gasteiger charge is 2.12. The Kier molecular flexibility index (Phi) is 4.01. The highest BCUT2D eigenvalue weighted by atomic mass is 32.1. The number of nitrogens with zero attached hydrogens (tertiary/aromatic N) is 3. The Morgan fingerprint density at radius 1 is 1.55 bits per heavy atom. The van der Waals surface area contributed by atoms with E-state index in [4.69, 9.17) is 10.4 Å². The predicted octanol–water partition coefficient (Wildman–Crippen LogP) is 2.66. The smallest absolute Gasteiger partial charge is 0.335 e. The second-order valence-electron chi connectivity index (χ2n) is 4.36. The van der Waals surface area contributed by atoms with Crippen LogP contribution < -0.4 is 4.90 Å². The zero-order chi connectivity index (χ0) is 14.7. The van der Waals surface area contributed by atoms with Crippen molar-refractivity contribution in [3.05, 3.63) is 45.4 Å². The molecule has 0 aliphatic rings. The van der Waals surface area contributed by atoms with E-state index in [9.17, 15) is 4.79 Å². The van der Waals surface area contributed by atoms with E-state index in [0.29, 0.717) is 17.8 Å². The van der Waals surface area contributed by atoms with Gasteiger partial charge in [-0.1, -0.05) is 0 Å². The number of anilines is 1. The topological polar surface area (TPSA) is 77.2 Å². The molecule has 1 aromatic carbocycles. The number of aryl methyl sites for hydroxylation is 1. The van der Waals surface area contributed by atoms with Gasteiger partial charge < -0.3 is 10.0 Å². The number of carbonyl (C=O) groups is 1. The summed E-state index contributed by atoms with van der Waals surface area (Å²) in [6.07, 6.45) is 0. The van der Waals surface area contributed by atoms with Crippen molar-refractivity contribution >= 4 is 23.0 Å². The summed E-state index contributed by atoms with van der Waals surface area (Å²) >= 11 is 1.58. The van der Waals surface area contributed by atoms with Crippen LogP contribution in [-0.4, -0.2) is 23.1 Å². The monoisotopic (exact) mass is 287 g/mol. The zero-order valence-electron chi connectivity index (χ0n) is 11.1. The van der Waals surface area contributed by atoms with E-state index >= 15 is 0 Å².